The predicted octanol–water partition coefficient (Wildman–Crippen LogP) is 2.50. The van der Waals surface area contributed by atoms with Gasteiger partial charge in [0.2, 0.25) is 5.91 Å². The van der Waals surface area contributed by atoms with Gasteiger partial charge in [0.1, 0.15) is 5.82 Å². The van der Waals surface area contributed by atoms with E-state index in [1.54, 1.807) is 18.0 Å². The van der Waals surface area contributed by atoms with E-state index in [4.69, 9.17) is 0 Å². The highest BCUT2D eigenvalue weighted by Crippen LogP contribution is 2.17. The molecule has 0 saturated carbocycles. The van der Waals surface area contributed by atoms with Crippen molar-refractivity contribution in [1.29, 1.82) is 0 Å². The first kappa shape index (κ1) is 14.7. The molecule has 2 aromatic carbocycles. The van der Waals surface area contributed by atoms with Gasteiger partial charge in [-0.3, -0.25) is 4.79 Å². The van der Waals surface area contributed by atoms with Gasteiger partial charge in [0.15, 0.2) is 0 Å². The number of rotatable bonds is 3. The highest BCUT2D eigenvalue weighted by atomic mass is 19.1. The Labute approximate surface area is 129 Å². The van der Waals surface area contributed by atoms with Crippen LogP contribution in [0.2, 0.25) is 0 Å². The van der Waals surface area contributed by atoms with Crippen molar-refractivity contribution in [2.45, 2.75) is 25.6 Å². The van der Waals surface area contributed by atoms with E-state index in [1.807, 2.05) is 18.2 Å². The zero-order valence-corrected chi connectivity index (χ0v) is 12.6. The zero-order valence-electron chi connectivity index (χ0n) is 12.6. The van der Waals surface area contributed by atoms with Crippen molar-refractivity contribution in [3.8, 4) is 0 Å². The molecular formula is C18H19FN2O. The molecule has 0 radical (unpaired) electrons. The topological polar surface area (TPSA) is 32.3 Å². The summed E-state index contributed by atoms with van der Waals surface area (Å²) in [5.74, 6) is -0.234. The normalized spacial score (nSPS) is 16.9. The second-order valence-corrected chi connectivity index (χ2v) is 5.73. The van der Waals surface area contributed by atoms with E-state index >= 15 is 0 Å². The Hall–Kier alpha value is -2.20. The smallest absolute Gasteiger partial charge is 0.240 e. The molecule has 1 aliphatic heterocycles. The largest absolute Gasteiger partial charge is 0.340 e. The molecule has 0 spiro atoms. The summed E-state index contributed by atoms with van der Waals surface area (Å²) < 4.78 is 13.2. The van der Waals surface area contributed by atoms with Crippen LogP contribution < -0.4 is 5.32 Å². The van der Waals surface area contributed by atoms with Crippen LogP contribution in [0.1, 0.15) is 16.7 Å². The molecule has 3 nitrogen and oxygen atoms in total. The Morgan fingerprint density at radius 1 is 1.23 bits per heavy atom. The number of carbonyl (C=O) groups excluding carboxylic acids is 1. The third kappa shape index (κ3) is 3.17. The maximum absolute atomic E-state index is 13.2. The molecule has 1 atom stereocenters. The van der Waals surface area contributed by atoms with Gasteiger partial charge >= 0.3 is 0 Å². The van der Waals surface area contributed by atoms with Crippen molar-refractivity contribution in [1.82, 2.24) is 10.2 Å². The van der Waals surface area contributed by atoms with Crippen LogP contribution >= 0.6 is 0 Å². The molecule has 4 heteroatoms. The first-order valence-corrected chi connectivity index (χ1v) is 7.43. The third-order valence-corrected chi connectivity index (χ3v) is 4.06. The van der Waals surface area contributed by atoms with Gasteiger partial charge in [-0.15, -0.1) is 0 Å². The summed E-state index contributed by atoms with van der Waals surface area (Å²) in [6.07, 6.45) is 0.697. The number of likely N-dealkylation sites (N-methyl/N-ethyl adjacent to an activating group) is 1. The Morgan fingerprint density at radius 2 is 2.00 bits per heavy atom. The van der Waals surface area contributed by atoms with Gasteiger partial charge in [-0.2, -0.15) is 0 Å². The first-order chi connectivity index (χ1) is 10.6. The molecule has 114 valence electrons. The van der Waals surface area contributed by atoms with E-state index in [0.717, 1.165) is 5.56 Å². The zero-order chi connectivity index (χ0) is 15.5. The number of benzene rings is 2. The molecule has 0 fully saturated rings. The number of nitrogens with zero attached hydrogens (tertiary/aromatic N) is 1. The Bertz CT molecular complexity index is 686. The number of fused-ring (bicyclic) bond motifs is 1. The lowest BCUT2D eigenvalue weighted by atomic mass is 9.95. The van der Waals surface area contributed by atoms with E-state index < -0.39 is 0 Å². The van der Waals surface area contributed by atoms with Gasteiger partial charge in [0.25, 0.3) is 0 Å². The average molecular weight is 298 g/mol. The molecule has 22 heavy (non-hydrogen) atoms. The van der Waals surface area contributed by atoms with E-state index in [-0.39, 0.29) is 17.8 Å². The summed E-state index contributed by atoms with van der Waals surface area (Å²) >= 11 is 0. The van der Waals surface area contributed by atoms with Crippen LogP contribution in [0.5, 0.6) is 0 Å². The molecule has 1 N–H and O–H groups in total. The fourth-order valence-corrected chi connectivity index (χ4v) is 2.88. The molecule has 0 aliphatic carbocycles. The minimum atomic E-state index is -0.275. The number of hydrogen-bond acceptors (Lipinski definition) is 2. The molecule has 1 aliphatic rings. The molecular weight excluding hydrogens is 279 g/mol. The second kappa shape index (κ2) is 6.28. The highest BCUT2D eigenvalue weighted by Gasteiger charge is 2.26. The summed E-state index contributed by atoms with van der Waals surface area (Å²) in [7, 11) is 1.76. The molecule has 1 heterocycles. The van der Waals surface area contributed by atoms with Crippen molar-refractivity contribution >= 4 is 5.91 Å². The van der Waals surface area contributed by atoms with Gasteiger partial charge in [-0.1, -0.05) is 36.4 Å². The number of carbonyl (C=O) groups is 1. The van der Waals surface area contributed by atoms with Gasteiger partial charge in [0, 0.05) is 20.1 Å². The number of nitrogens with one attached hydrogen (secondary N) is 1. The molecule has 0 aromatic heterocycles. The van der Waals surface area contributed by atoms with E-state index in [1.165, 1.54) is 23.3 Å². The van der Waals surface area contributed by atoms with Crippen molar-refractivity contribution < 1.29 is 9.18 Å². The van der Waals surface area contributed by atoms with Gasteiger partial charge in [0.05, 0.1) is 6.04 Å². The third-order valence-electron chi connectivity index (χ3n) is 4.06. The molecule has 1 unspecified atom stereocenters. The second-order valence-electron chi connectivity index (χ2n) is 5.73. The van der Waals surface area contributed by atoms with Crippen LogP contribution in [0.25, 0.3) is 0 Å². The fraction of sp³-hybridized carbons (Fsp3) is 0.278. The molecule has 0 saturated heterocycles. The summed E-state index contributed by atoms with van der Waals surface area (Å²) in [4.78, 5) is 14.2. The maximum Gasteiger partial charge on any atom is 0.240 e. The van der Waals surface area contributed by atoms with Crippen molar-refractivity contribution in [2.24, 2.45) is 0 Å². The highest BCUT2D eigenvalue weighted by molar-refractivity contribution is 5.82. The van der Waals surface area contributed by atoms with E-state index in [2.05, 4.69) is 17.4 Å². The number of amides is 1. The molecule has 1 amide bonds. The van der Waals surface area contributed by atoms with Crippen molar-refractivity contribution in [3.05, 3.63) is 71.0 Å². The van der Waals surface area contributed by atoms with Gasteiger partial charge < -0.3 is 10.2 Å². The Kier molecular flexibility index (Phi) is 4.20. The molecule has 3 rings (SSSR count). The van der Waals surface area contributed by atoms with E-state index in [0.29, 0.717) is 19.5 Å². The maximum atomic E-state index is 13.2. The minimum absolute atomic E-state index is 0.0405. The lowest BCUT2D eigenvalue weighted by molar-refractivity contribution is -0.132. The van der Waals surface area contributed by atoms with Crippen LogP contribution in [-0.4, -0.2) is 23.9 Å². The molecule has 2 aromatic rings. The predicted molar refractivity (Wildman–Crippen MR) is 83.6 cm³/mol. The van der Waals surface area contributed by atoms with Crippen LogP contribution in [0.3, 0.4) is 0 Å². The van der Waals surface area contributed by atoms with Crippen molar-refractivity contribution in [2.75, 3.05) is 7.05 Å². The van der Waals surface area contributed by atoms with Gasteiger partial charge in [-0.05, 0) is 35.2 Å². The SMILES string of the molecule is CN(Cc1cccc(F)c1)C(=O)C1Cc2ccccc2CN1. The van der Waals surface area contributed by atoms with E-state index in [9.17, 15) is 9.18 Å². The van der Waals surface area contributed by atoms with Crippen LogP contribution in [-0.2, 0) is 24.3 Å². The average Bonchev–Trinajstić information content (AvgIpc) is 2.53. The van der Waals surface area contributed by atoms with Gasteiger partial charge in [-0.25, -0.2) is 4.39 Å². The van der Waals surface area contributed by atoms with Crippen LogP contribution in [0, 0.1) is 5.82 Å². The number of hydrogen-bond donors (Lipinski definition) is 1. The summed E-state index contributed by atoms with van der Waals surface area (Å²) in [6, 6.07) is 14.3. The summed E-state index contributed by atoms with van der Waals surface area (Å²) in [6.45, 7) is 1.12. The monoisotopic (exact) mass is 298 g/mol. The summed E-state index contributed by atoms with van der Waals surface area (Å²) in [5, 5.41) is 3.29. The number of halogens is 1. The first-order valence-electron chi connectivity index (χ1n) is 7.43. The fourth-order valence-electron chi connectivity index (χ4n) is 2.88. The minimum Gasteiger partial charge on any atom is -0.340 e. The van der Waals surface area contributed by atoms with Crippen molar-refractivity contribution in [3.63, 3.8) is 0 Å². The lowest BCUT2D eigenvalue weighted by Crippen LogP contribution is -2.48. The Morgan fingerprint density at radius 3 is 2.77 bits per heavy atom. The lowest BCUT2D eigenvalue weighted by Gasteiger charge is -2.29. The van der Waals surface area contributed by atoms with Crippen LogP contribution in [0.15, 0.2) is 48.5 Å². The quantitative estimate of drug-likeness (QED) is 0.944. The standard InChI is InChI=1S/C18H19FN2O/c1-21(12-13-5-4-8-16(19)9-13)18(22)17-10-14-6-2-3-7-15(14)11-20-17/h2-9,17,20H,10-12H2,1H3. The summed E-state index contributed by atoms with van der Waals surface area (Å²) in [5.41, 5.74) is 3.27. The van der Waals surface area contributed by atoms with Crippen LogP contribution in [0.4, 0.5) is 4.39 Å². The Balaban J connectivity index is 1.67. The molecule has 0 bridgehead atoms.